The molecule has 0 aliphatic carbocycles. The molecule has 0 aliphatic rings. The fraction of sp³-hybridized carbons (Fsp3) is 0.875. The lowest BCUT2D eigenvalue weighted by Gasteiger charge is -2.20. The molecular formula is C8H15NO2. The molecule has 3 nitrogen and oxygen atoms in total. The molecule has 0 radical (unpaired) electrons. The van der Waals surface area contributed by atoms with Crippen molar-refractivity contribution < 1.29 is 9.84 Å². The average molecular weight is 157 g/mol. The standard InChI is InChI=1S/C8H15NO2/c1-4-7(5-9)8(10)6(2)11-3/h6-8,10H,4H2,1-3H3. The summed E-state index contributed by atoms with van der Waals surface area (Å²) >= 11 is 0. The van der Waals surface area contributed by atoms with Gasteiger partial charge in [0.1, 0.15) is 0 Å². The molecule has 3 atom stereocenters. The quantitative estimate of drug-likeness (QED) is 0.660. The largest absolute Gasteiger partial charge is 0.389 e. The van der Waals surface area contributed by atoms with Crippen LogP contribution in [0.25, 0.3) is 0 Å². The summed E-state index contributed by atoms with van der Waals surface area (Å²) in [6.45, 7) is 3.63. The molecule has 0 aliphatic heterocycles. The van der Waals surface area contributed by atoms with Gasteiger partial charge in [0, 0.05) is 7.11 Å². The van der Waals surface area contributed by atoms with Crippen LogP contribution >= 0.6 is 0 Å². The average Bonchev–Trinajstić information content (AvgIpc) is 2.05. The van der Waals surface area contributed by atoms with E-state index < -0.39 is 6.10 Å². The molecule has 0 aromatic carbocycles. The highest BCUT2D eigenvalue weighted by atomic mass is 16.5. The van der Waals surface area contributed by atoms with Crippen LogP contribution in [0.1, 0.15) is 20.3 Å². The van der Waals surface area contributed by atoms with Gasteiger partial charge in [-0.05, 0) is 13.3 Å². The van der Waals surface area contributed by atoms with Crippen molar-refractivity contribution in [2.45, 2.75) is 32.5 Å². The van der Waals surface area contributed by atoms with Gasteiger partial charge in [-0.1, -0.05) is 6.92 Å². The SMILES string of the molecule is CCC(C#N)C(O)C(C)OC. The van der Waals surface area contributed by atoms with Crippen LogP contribution in [0.5, 0.6) is 0 Å². The Bertz CT molecular complexity index is 142. The van der Waals surface area contributed by atoms with Gasteiger partial charge in [-0.15, -0.1) is 0 Å². The maximum atomic E-state index is 9.43. The summed E-state index contributed by atoms with van der Waals surface area (Å²) in [5, 5.41) is 18.0. The molecule has 0 amide bonds. The number of methoxy groups -OCH3 is 1. The Morgan fingerprint density at radius 2 is 2.18 bits per heavy atom. The minimum absolute atomic E-state index is 0.264. The second-order valence-corrected chi connectivity index (χ2v) is 2.58. The highest BCUT2D eigenvalue weighted by Gasteiger charge is 2.22. The number of nitriles is 1. The smallest absolute Gasteiger partial charge is 0.0956 e. The molecule has 3 unspecified atom stereocenters. The Morgan fingerprint density at radius 3 is 2.45 bits per heavy atom. The van der Waals surface area contributed by atoms with E-state index in [0.717, 1.165) is 0 Å². The summed E-state index contributed by atoms with van der Waals surface area (Å²) in [7, 11) is 1.53. The topological polar surface area (TPSA) is 53.2 Å². The van der Waals surface area contributed by atoms with Gasteiger partial charge >= 0.3 is 0 Å². The van der Waals surface area contributed by atoms with Gasteiger partial charge in [0.25, 0.3) is 0 Å². The Kier molecular flexibility index (Phi) is 4.84. The molecule has 0 heterocycles. The molecule has 0 aromatic rings. The molecule has 0 rings (SSSR count). The van der Waals surface area contributed by atoms with Gasteiger partial charge < -0.3 is 9.84 Å². The lowest BCUT2D eigenvalue weighted by Crippen LogP contribution is -2.31. The molecule has 0 saturated carbocycles. The predicted octanol–water partition coefficient (Wildman–Crippen LogP) is 0.932. The zero-order valence-corrected chi connectivity index (χ0v) is 7.24. The molecule has 0 saturated heterocycles. The summed E-state index contributed by atoms with van der Waals surface area (Å²) in [5.74, 6) is -0.315. The van der Waals surface area contributed by atoms with Gasteiger partial charge in [0.05, 0.1) is 24.2 Å². The third-order valence-corrected chi connectivity index (χ3v) is 1.87. The highest BCUT2D eigenvalue weighted by molar-refractivity contribution is 4.89. The minimum atomic E-state index is -0.671. The molecule has 3 heteroatoms. The molecule has 0 fully saturated rings. The lowest BCUT2D eigenvalue weighted by molar-refractivity contribution is -0.0203. The summed E-state index contributed by atoms with van der Waals surface area (Å²) in [6, 6.07) is 2.04. The van der Waals surface area contributed by atoms with Crippen LogP contribution < -0.4 is 0 Å². The van der Waals surface area contributed by atoms with Crippen molar-refractivity contribution in [1.29, 1.82) is 5.26 Å². The Morgan fingerprint density at radius 1 is 1.64 bits per heavy atom. The van der Waals surface area contributed by atoms with Crippen molar-refractivity contribution in [3.8, 4) is 6.07 Å². The maximum absolute atomic E-state index is 9.43. The zero-order chi connectivity index (χ0) is 8.85. The van der Waals surface area contributed by atoms with E-state index >= 15 is 0 Å². The van der Waals surface area contributed by atoms with E-state index in [-0.39, 0.29) is 12.0 Å². The number of nitrogens with zero attached hydrogens (tertiary/aromatic N) is 1. The number of hydrogen-bond acceptors (Lipinski definition) is 3. The van der Waals surface area contributed by atoms with Crippen LogP contribution in [0, 0.1) is 17.2 Å². The van der Waals surface area contributed by atoms with Gasteiger partial charge in [-0.25, -0.2) is 0 Å². The number of ether oxygens (including phenoxy) is 1. The van der Waals surface area contributed by atoms with Crippen LogP contribution in [-0.2, 0) is 4.74 Å². The monoisotopic (exact) mass is 157 g/mol. The molecule has 64 valence electrons. The van der Waals surface area contributed by atoms with E-state index in [4.69, 9.17) is 10.00 Å². The van der Waals surface area contributed by atoms with E-state index in [0.29, 0.717) is 6.42 Å². The van der Waals surface area contributed by atoms with Gasteiger partial charge in [-0.2, -0.15) is 5.26 Å². The first kappa shape index (κ1) is 10.4. The van der Waals surface area contributed by atoms with Gasteiger partial charge in [0.15, 0.2) is 0 Å². The molecule has 0 spiro atoms. The van der Waals surface area contributed by atoms with E-state index in [1.54, 1.807) is 6.92 Å². The van der Waals surface area contributed by atoms with E-state index in [1.165, 1.54) is 7.11 Å². The van der Waals surface area contributed by atoms with Crippen molar-refractivity contribution in [3.63, 3.8) is 0 Å². The predicted molar refractivity (Wildman–Crippen MR) is 41.9 cm³/mol. The highest BCUT2D eigenvalue weighted by Crippen LogP contribution is 2.12. The van der Waals surface area contributed by atoms with Crippen LogP contribution in [0.15, 0.2) is 0 Å². The lowest BCUT2D eigenvalue weighted by atomic mass is 9.98. The number of hydrogen-bond donors (Lipinski definition) is 1. The van der Waals surface area contributed by atoms with E-state index in [9.17, 15) is 5.11 Å². The Hall–Kier alpha value is -0.590. The number of aliphatic hydroxyl groups excluding tert-OH is 1. The molecule has 1 N–H and O–H groups in total. The van der Waals surface area contributed by atoms with Crippen LogP contribution in [0.3, 0.4) is 0 Å². The van der Waals surface area contributed by atoms with Crippen molar-refractivity contribution in [2.75, 3.05) is 7.11 Å². The summed E-state index contributed by atoms with van der Waals surface area (Å²) in [4.78, 5) is 0. The minimum Gasteiger partial charge on any atom is -0.389 e. The van der Waals surface area contributed by atoms with Crippen LogP contribution in [0.2, 0.25) is 0 Å². The maximum Gasteiger partial charge on any atom is 0.0956 e. The van der Waals surface area contributed by atoms with Crippen molar-refractivity contribution in [1.82, 2.24) is 0 Å². The normalized spacial score (nSPS) is 18.5. The number of rotatable bonds is 4. The number of aliphatic hydroxyl groups is 1. The third-order valence-electron chi connectivity index (χ3n) is 1.87. The Labute approximate surface area is 67.6 Å². The van der Waals surface area contributed by atoms with E-state index in [1.807, 2.05) is 13.0 Å². The fourth-order valence-corrected chi connectivity index (χ4v) is 0.876. The second-order valence-electron chi connectivity index (χ2n) is 2.58. The fourth-order valence-electron chi connectivity index (χ4n) is 0.876. The molecule has 0 bridgehead atoms. The first-order valence-corrected chi connectivity index (χ1v) is 3.77. The Balaban J connectivity index is 3.99. The van der Waals surface area contributed by atoms with Crippen LogP contribution in [0.4, 0.5) is 0 Å². The summed E-state index contributed by atoms with van der Waals surface area (Å²) in [6.07, 6.45) is -0.277. The molecule has 11 heavy (non-hydrogen) atoms. The van der Waals surface area contributed by atoms with Gasteiger partial charge in [0.2, 0.25) is 0 Å². The first-order chi connectivity index (χ1) is 5.17. The second kappa shape index (κ2) is 5.11. The van der Waals surface area contributed by atoms with Gasteiger partial charge in [-0.3, -0.25) is 0 Å². The van der Waals surface area contributed by atoms with Crippen molar-refractivity contribution in [3.05, 3.63) is 0 Å². The molecular weight excluding hydrogens is 142 g/mol. The summed E-state index contributed by atoms with van der Waals surface area (Å²) < 4.78 is 4.90. The molecule has 0 aromatic heterocycles. The first-order valence-electron chi connectivity index (χ1n) is 3.77. The third kappa shape index (κ3) is 2.87. The van der Waals surface area contributed by atoms with Crippen molar-refractivity contribution >= 4 is 0 Å². The van der Waals surface area contributed by atoms with E-state index in [2.05, 4.69) is 0 Å². The van der Waals surface area contributed by atoms with Crippen molar-refractivity contribution in [2.24, 2.45) is 5.92 Å². The van der Waals surface area contributed by atoms with Crippen LogP contribution in [-0.4, -0.2) is 24.4 Å². The zero-order valence-electron chi connectivity index (χ0n) is 7.24. The summed E-state index contributed by atoms with van der Waals surface area (Å²) in [5.41, 5.74) is 0.